The van der Waals surface area contributed by atoms with Gasteiger partial charge in [-0.1, -0.05) is 31.2 Å². The average Bonchev–Trinajstić information content (AvgIpc) is 2.85. The first-order valence-electron chi connectivity index (χ1n) is 7.09. The van der Waals surface area contributed by atoms with Crippen LogP contribution in [-0.2, 0) is 17.8 Å². The highest BCUT2D eigenvalue weighted by Gasteiger charge is 2.16. The minimum atomic E-state index is 0.134. The third kappa shape index (κ3) is 3.70. The minimum Gasteiger partial charge on any atom is -0.461 e. The van der Waals surface area contributed by atoms with E-state index in [-0.39, 0.29) is 5.91 Å². The van der Waals surface area contributed by atoms with Gasteiger partial charge in [-0.05, 0) is 6.07 Å². The van der Waals surface area contributed by atoms with Crippen molar-refractivity contribution in [1.29, 1.82) is 0 Å². The summed E-state index contributed by atoms with van der Waals surface area (Å²) in [5.74, 6) is 2.39. The van der Waals surface area contributed by atoms with Crippen LogP contribution < -0.4 is 0 Å². The molecule has 0 saturated heterocycles. The maximum Gasteiger partial charge on any atom is 0.232 e. The van der Waals surface area contributed by atoms with Crippen LogP contribution in [0.3, 0.4) is 0 Å². The molecule has 2 rings (SSSR count). The standard InChI is InChI=1S/C17H21NO2S/c1-4-10-21-12-17(19)18(3)11-14-13-8-6-7-9-16(13)20-15(14)5-2/h4,6-9H,1,5,10-12H2,2-3H3. The molecule has 0 fully saturated rings. The van der Waals surface area contributed by atoms with E-state index < -0.39 is 0 Å². The normalized spacial score (nSPS) is 10.8. The Balaban J connectivity index is 2.14. The summed E-state index contributed by atoms with van der Waals surface area (Å²) in [6, 6.07) is 8.00. The van der Waals surface area contributed by atoms with Gasteiger partial charge in [0.05, 0.1) is 5.75 Å². The molecule has 1 heterocycles. The number of nitrogens with zero attached hydrogens (tertiary/aromatic N) is 1. The Bertz CT molecular complexity index is 633. The number of rotatable bonds is 7. The van der Waals surface area contributed by atoms with Crippen LogP contribution in [0.5, 0.6) is 0 Å². The number of amides is 1. The highest BCUT2D eigenvalue weighted by molar-refractivity contribution is 8.00. The summed E-state index contributed by atoms with van der Waals surface area (Å²) in [6.07, 6.45) is 2.65. The zero-order valence-electron chi connectivity index (χ0n) is 12.6. The van der Waals surface area contributed by atoms with Gasteiger partial charge in [-0.2, -0.15) is 0 Å². The first kappa shape index (κ1) is 15.7. The second-order valence-corrected chi connectivity index (χ2v) is 5.94. The molecule has 1 aromatic heterocycles. The SMILES string of the molecule is C=CCSCC(=O)N(C)Cc1c(CC)oc2ccccc12. The van der Waals surface area contributed by atoms with Crippen LogP contribution in [0.25, 0.3) is 11.0 Å². The predicted octanol–water partition coefficient (Wildman–Crippen LogP) is 3.87. The molecule has 0 N–H and O–H groups in total. The number of hydrogen-bond donors (Lipinski definition) is 0. The fraction of sp³-hybridized carbons (Fsp3) is 0.353. The Morgan fingerprint density at radius 2 is 2.19 bits per heavy atom. The van der Waals surface area contributed by atoms with Crippen molar-refractivity contribution in [1.82, 2.24) is 4.90 Å². The van der Waals surface area contributed by atoms with Crippen molar-refractivity contribution in [2.24, 2.45) is 0 Å². The van der Waals surface area contributed by atoms with Gasteiger partial charge in [-0.3, -0.25) is 4.79 Å². The summed E-state index contributed by atoms with van der Waals surface area (Å²) < 4.78 is 5.87. The summed E-state index contributed by atoms with van der Waals surface area (Å²) in [5, 5.41) is 1.10. The Morgan fingerprint density at radius 1 is 1.43 bits per heavy atom. The van der Waals surface area contributed by atoms with Gasteiger partial charge < -0.3 is 9.32 Å². The van der Waals surface area contributed by atoms with E-state index >= 15 is 0 Å². The second kappa shape index (κ2) is 7.36. The minimum absolute atomic E-state index is 0.134. The molecule has 0 aliphatic heterocycles. The van der Waals surface area contributed by atoms with Crippen molar-refractivity contribution >= 4 is 28.6 Å². The third-order valence-corrected chi connectivity index (χ3v) is 4.31. The van der Waals surface area contributed by atoms with E-state index in [9.17, 15) is 4.79 Å². The molecule has 0 atom stereocenters. The molecule has 2 aromatic rings. The summed E-state index contributed by atoms with van der Waals surface area (Å²) >= 11 is 1.58. The van der Waals surface area contributed by atoms with Crippen molar-refractivity contribution in [3.05, 3.63) is 48.2 Å². The molecule has 3 nitrogen and oxygen atoms in total. The number of aryl methyl sites for hydroxylation is 1. The van der Waals surface area contributed by atoms with Crippen LogP contribution in [0.1, 0.15) is 18.2 Å². The van der Waals surface area contributed by atoms with E-state index in [1.54, 1.807) is 16.7 Å². The Hall–Kier alpha value is -1.68. The maximum atomic E-state index is 12.1. The lowest BCUT2D eigenvalue weighted by atomic mass is 10.1. The van der Waals surface area contributed by atoms with Gasteiger partial charge in [0.2, 0.25) is 5.91 Å². The van der Waals surface area contributed by atoms with Crippen LogP contribution in [-0.4, -0.2) is 29.4 Å². The maximum absolute atomic E-state index is 12.1. The molecule has 1 amide bonds. The number of thioether (sulfide) groups is 1. The van der Waals surface area contributed by atoms with E-state index in [2.05, 4.69) is 19.6 Å². The van der Waals surface area contributed by atoms with E-state index in [0.29, 0.717) is 12.3 Å². The van der Waals surface area contributed by atoms with Gasteiger partial charge in [-0.25, -0.2) is 0 Å². The molecular weight excluding hydrogens is 282 g/mol. The van der Waals surface area contributed by atoms with Gasteiger partial charge >= 0.3 is 0 Å². The van der Waals surface area contributed by atoms with Crippen molar-refractivity contribution in [3.63, 3.8) is 0 Å². The first-order chi connectivity index (χ1) is 10.2. The second-order valence-electron chi connectivity index (χ2n) is 4.91. The molecule has 0 aliphatic carbocycles. The smallest absolute Gasteiger partial charge is 0.232 e. The van der Waals surface area contributed by atoms with E-state index in [1.807, 2.05) is 31.3 Å². The Kier molecular flexibility index (Phi) is 5.51. The number of hydrogen-bond acceptors (Lipinski definition) is 3. The van der Waals surface area contributed by atoms with Gasteiger partial charge in [0, 0.05) is 36.7 Å². The van der Waals surface area contributed by atoms with Gasteiger partial charge in [0.25, 0.3) is 0 Å². The number of furan rings is 1. The van der Waals surface area contributed by atoms with Gasteiger partial charge in [0.1, 0.15) is 11.3 Å². The number of benzene rings is 1. The zero-order chi connectivity index (χ0) is 15.2. The van der Waals surface area contributed by atoms with Crippen LogP contribution >= 0.6 is 11.8 Å². The molecule has 112 valence electrons. The van der Waals surface area contributed by atoms with Crippen molar-refractivity contribution in [2.75, 3.05) is 18.6 Å². The van der Waals surface area contributed by atoms with Crippen LogP contribution in [0.2, 0.25) is 0 Å². The lowest BCUT2D eigenvalue weighted by molar-refractivity contribution is -0.127. The van der Waals surface area contributed by atoms with Crippen molar-refractivity contribution in [2.45, 2.75) is 19.9 Å². The Morgan fingerprint density at radius 3 is 2.90 bits per heavy atom. The first-order valence-corrected chi connectivity index (χ1v) is 8.24. The molecule has 21 heavy (non-hydrogen) atoms. The number of carbonyl (C=O) groups excluding carboxylic acids is 1. The quantitative estimate of drug-likeness (QED) is 0.575. The fourth-order valence-corrected chi connectivity index (χ4v) is 2.95. The monoisotopic (exact) mass is 303 g/mol. The molecule has 0 aliphatic rings. The number of para-hydroxylation sites is 1. The largest absolute Gasteiger partial charge is 0.461 e. The van der Waals surface area contributed by atoms with Crippen LogP contribution in [0.4, 0.5) is 0 Å². The Labute approximate surface area is 130 Å². The summed E-state index contributed by atoms with van der Waals surface area (Å²) in [4.78, 5) is 13.9. The van der Waals surface area contributed by atoms with Gasteiger partial charge in [0.15, 0.2) is 0 Å². The van der Waals surface area contributed by atoms with E-state index in [0.717, 1.165) is 34.5 Å². The van der Waals surface area contributed by atoms with Crippen LogP contribution in [0, 0.1) is 0 Å². The zero-order valence-corrected chi connectivity index (χ0v) is 13.4. The van der Waals surface area contributed by atoms with Crippen molar-refractivity contribution in [3.8, 4) is 0 Å². The lowest BCUT2D eigenvalue weighted by Gasteiger charge is -2.17. The number of fused-ring (bicyclic) bond motifs is 1. The van der Waals surface area contributed by atoms with Crippen molar-refractivity contribution < 1.29 is 9.21 Å². The van der Waals surface area contributed by atoms with Crippen LogP contribution in [0.15, 0.2) is 41.3 Å². The molecular formula is C17H21NO2S. The molecule has 1 aromatic carbocycles. The van der Waals surface area contributed by atoms with E-state index in [1.165, 1.54) is 0 Å². The topological polar surface area (TPSA) is 33.5 Å². The van der Waals surface area contributed by atoms with E-state index in [4.69, 9.17) is 4.42 Å². The fourth-order valence-electron chi connectivity index (χ4n) is 2.27. The molecule has 0 radical (unpaired) electrons. The molecule has 0 spiro atoms. The summed E-state index contributed by atoms with van der Waals surface area (Å²) in [5.41, 5.74) is 2.02. The number of carbonyl (C=O) groups is 1. The molecule has 4 heteroatoms. The molecule has 0 bridgehead atoms. The lowest BCUT2D eigenvalue weighted by Crippen LogP contribution is -2.28. The predicted molar refractivity (Wildman–Crippen MR) is 89.6 cm³/mol. The summed E-state index contributed by atoms with van der Waals surface area (Å²) in [6.45, 7) is 6.33. The molecule has 0 saturated carbocycles. The summed E-state index contributed by atoms with van der Waals surface area (Å²) in [7, 11) is 1.85. The average molecular weight is 303 g/mol. The third-order valence-electron chi connectivity index (χ3n) is 3.39. The van der Waals surface area contributed by atoms with Gasteiger partial charge in [-0.15, -0.1) is 18.3 Å². The highest BCUT2D eigenvalue weighted by Crippen LogP contribution is 2.27. The highest BCUT2D eigenvalue weighted by atomic mass is 32.2. The molecule has 0 unspecified atom stereocenters.